The van der Waals surface area contributed by atoms with Crippen molar-refractivity contribution in [2.45, 2.75) is 6.42 Å². The van der Waals surface area contributed by atoms with E-state index in [0.29, 0.717) is 11.5 Å². The minimum absolute atomic E-state index is 0.319. The summed E-state index contributed by atoms with van der Waals surface area (Å²) < 4.78 is 10.4. The van der Waals surface area contributed by atoms with Gasteiger partial charge in [0.1, 0.15) is 5.04 Å². The molecule has 0 saturated carbocycles. The Bertz CT molecular complexity index is 150. The SMILES string of the molecule is N=C1CC=CS1=O. The predicted octanol–water partition coefficient (Wildman–Crippen LogP) is 0.630. The van der Waals surface area contributed by atoms with Gasteiger partial charge in [0.05, 0.1) is 10.8 Å². The fourth-order valence-corrected chi connectivity index (χ4v) is 1.10. The zero-order valence-electron chi connectivity index (χ0n) is 3.68. The number of hydrogen-bond acceptors (Lipinski definition) is 2. The molecule has 0 saturated heterocycles. The normalized spacial score (nSPS) is 29.1. The van der Waals surface area contributed by atoms with Crippen molar-refractivity contribution in [1.29, 1.82) is 5.41 Å². The quantitative estimate of drug-likeness (QED) is 0.494. The third-order valence-electron chi connectivity index (χ3n) is 0.766. The molecule has 0 spiro atoms. The van der Waals surface area contributed by atoms with Crippen LogP contribution in [0.3, 0.4) is 0 Å². The van der Waals surface area contributed by atoms with E-state index in [4.69, 9.17) is 5.41 Å². The molecular weight excluding hydrogens is 110 g/mol. The molecule has 0 aromatic carbocycles. The Morgan fingerprint density at radius 2 is 2.57 bits per heavy atom. The van der Waals surface area contributed by atoms with Crippen molar-refractivity contribution in [1.82, 2.24) is 0 Å². The lowest BCUT2D eigenvalue weighted by molar-refractivity contribution is 0.694. The van der Waals surface area contributed by atoms with Crippen molar-refractivity contribution < 1.29 is 4.21 Å². The highest BCUT2D eigenvalue weighted by molar-refractivity contribution is 8.03. The standard InChI is InChI=1S/C4H5NOS/c5-4-2-1-3-7(4)6/h1,3,5H,2H2. The molecule has 0 bridgehead atoms. The summed E-state index contributed by atoms with van der Waals surface area (Å²) >= 11 is 0. The highest BCUT2D eigenvalue weighted by Crippen LogP contribution is 2.02. The lowest BCUT2D eigenvalue weighted by Gasteiger charge is -1.80. The van der Waals surface area contributed by atoms with Gasteiger partial charge in [0.15, 0.2) is 0 Å². The van der Waals surface area contributed by atoms with Gasteiger partial charge in [-0.3, -0.25) is 5.41 Å². The zero-order chi connectivity index (χ0) is 5.28. The van der Waals surface area contributed by atoms with Crippen LogP contribution < -0.4 is 0 Å². The molecule has 38 valence electrons. The molecule has 0 amide bonds. The van der Waals surface area contributed by atoms with Crippen LogP contribution in [0.1, 0.15) is 6.42 Å². The lowest BCUT2D eigenvalue weighted by Crippen LogP contribution is -1.92. The minimum atomic E-state index is -1.06. The molecule has 0 aliphatic carbocycles. The Kier molecular flexibility index (Phi) is 1.06. The van der Waals surface area contributed by atoms with E-state index in [1.54, 1.807) is 11.5 Å². The van der Waals surface area contributed by atoms with Crippen LogP contribution in [0.2, 0.25) is 0 Å². The predicted molar refractivity (Wildman–Crippen MR) is 29.6 cm³/mol. The summed E-state index contributed by atoms with van der Waals surface area (Å²) in [7, 11) is -1.06. The Morgan fingerprint density at radius 3 is 2.71 bits per heavy atom. The number of nitrogens with one attached hydrogen (secondary N) is 1. The number of rotatable bonds is 0. The molecular formula is C4H5NOS. The molecule has 0 fully saturated rings. The maximum Gasteiger partial charge on any atom is 0.103 e. The number of hydrogen-bond donors (Lipinski definition) is 1. The van der Waals surface area contributed by atoms with Gasteiger partial charge in [-0.05, 0) is 0 Å². The molecule has 0 aromatic heterocycles. The van der Waals surface area contributed by atoms with Crippen LogP contribution in [0.25, 0.3) is 0 Å². The van der Waals surface area contributed by atoms with Crippen LogP contribution in [0.15, 0.2) is 11.5 Å². The van der Waals surface area contributed by atoms with Crippen LogP contribution in [-0.4, -0.2) is 9.25 Å². The summed E-state index contributed by atoms with van der Waals surface area (Å²) in [6.45, 7) is 0. The topological polar surface area (TPSA) is 40.9 Å². The third-order valence-corrected chi connectivity index (χ3v) is 1.86. The van der Waals surface area contributed by atoms with Gasteiger partial charge in [0.25, 0.3) is 0 Å². The summed E-state index contributed by atoms with van der Waals surface area (Å²) in [6.07, 6.45) is 2.32. The van der Waals surface area contributed by atoms with Crippen molar-refractivity contribution in [3.8, 4) is 0 Å². The molecule has 1 atom stereocenters. The largest absolute Gasteiger partial charge is 0.295 e. The minimum Gasteiger partial charge on any atom is -0.295 e. The average molecular weight is 115 g/mol. The Morgan fingerprint density at radius 1 is 1.86 bits per heavy atom. The smallest absolute Gasteiger partial charge is 0.103 e. The number of allylic oxidation sites excluding steroid dienone is 1. The van der Waals surface area contributed by atoms with Crippen molar-refractivity contribution in [3.63, 3.8) is 0 Å². The van der Waals surface area contributed by atoms with Gasteiger partial charge in [-0.1, -0.05) is 6.08 Å². The highest BCUT2D eigenvalue weighted by Gasteiger charge is 2.06. The van der Waals surface area contributed by atoms with E-state index in [1.165, 1.54) is 0 Å². The summed E-state index contributed by atoms with van der Waals surface area (Å²) in [4.78, 5) is 0. The molecule has 7 heavy (non-hydrogen) atoms. The van der Waals surface area contributed by atoms with Crippen molar-refractivity contribution >= 4 is 15.8 Å². The molecule has 0 radical (unpaired) electrons. The first-order valence-corrected chi connectivity index (χ1v) is 3.16. The zero-order valence-corrected chi connectivity index (χ0v) is 4.49. The van der Waals surface area contributed by atoms with Crippen molar-refractivity contribution in [2.75, 3.05) is 0 Å². The molecule has 2 nitrogen and oxygen atoms in total. The fraction of sp³-hybridized carbons (Fsp3) is 0.250. The summed E-state index contributed by atoms with van der Waals surface area (Å²) in [5.41, 5.74) is 0. The van der Waals surface area contributed by atoms with Gasteiger partial charge in [-0.2, -0.15) is 0 Å². The first kappa shape index (κ1) is 4.71. The second-order valence-corrected chi connectivity index (χ2v) is 2.66. The molecule has 1 aliphatic rings. The van der Waals surface area contributed by atoms with Crippen LogP contribution in [-0.2, 0) is 10.8 Å². The van der Waals surface area contributed by atoms with E-state index < -0.39 is 10.8 Å². The Labute approximate surface area is 44.2 Å². The van der Waals surface area contributed by atoms with E-state index in [0.717, 1.165) is 0 Å². The van der Waals surface area contributed by atoms with E-state index in [9.17, 15) is 4.21 Å². The molecule has 1 heterocycles. The van der Waals surface area contributed by atoms with Gasteiger partial charge in [-0.15, -0.1) is 0 Å². The van der Waals surface area contributed by atoms with Crippen LogP contribution >= 0.6 is 0 Å². The molecule has 1 rings (SSSR count). The summed E-state index contributed by atoms with van der Waals surface area (Å²) in [5, 5.41) is 8.76. The van der Waals surface area contributed by atoms with Gasteiger partial charge in [-0.25, -0.2) is 4.21 Å². The fourth-order valence-electron chi connectivity index (χ4n) is 0.407. The second kappa shape index (κ2) is 1.58. The summed E-state index contributed by atoms with van der Waals surface area (Å²) in [5.74, 6) is 0. The van der Waals surface area contributed by atoms with Gasteiger partial charge >= 0.3 is 0 Å². The van der Waals surface area contributed by atoms with E-state index in [-0.39, 0.29) is 0 Å². The first-order chi connectivity index (χ1) is 3.30. The molecule has 1 aliphatic heterocycles. The van der Waals surface area contributed by atoms with E-state index in [1.807, 2.05) is 0 Å². The van der Waals surface area contributed by atoms with Crippen LogP contribution in [0, 0.1) is 5.41 Å². The van der Waals surface area contributed by atoms with Gasteiger partial charge in [0, 0.05) is 11.8 Å². The van der Waals surface area contributed by atoms with Crippen LogP contribution in [0.4, 0.5) is 0 Å². The van der Waals surface area contributed by atoms with Crippen LogP contribution in [0.5, 0.6) is 0 Å². The Hall–Kier alpha value is -0.440. The molecule has 1 unspecified atom stereocenters. The van der Waals surface area contributed by atoms with E-state index >= 15 is 0 Å². The van der Waals surface area contributed by atoms with Crippen molar-refractivity contribution in [2.24, 2.45) is 0 Å². The molecule has 1 N–H and O–H groups in total. The van der Waals surface area contributed by atoms with E-state index in [2.05, 4.69) is 0 Å². The Balaban J connectivity index is 2.81. The molecule has 3 heteroatoms. The van der Waals surface area contributed by atoms with Gasteiger partial charge in [0.2, 0.25) is 0 Å². The molecule has 0 aromatic rings. The maximum atomic E-state index is 10.4. The second-order valence-electron chi connectivity index (χ2n) is 1.30. The van der Waals surface area contributed by atoms with Gasteiger partial charge < -0.3 is 0 Å². The average Bonchev–Trinajstić information content (AvgIpc) is 1.91. The first-order valence-electron chi connectivity index (χ1n) is 1.95. The summed E-state index contributed by atoms with van der Waals surface area (Å²) in [6, 6.07) is 0. The highest BCUT2D eigenvalue weighted by atomic mass is 32.2. The maximum absolute atomic E-state index is 10.4. The van der Waals surface area contributed by atoms with Crippen molar-refractivity contribution in [3.05, 3.63) is 11.5 Å². The lowest BCUT2D eigenvalue weighted by atomic mass is 10.5. The monoisotopic (exact) mass is 115 g/mol. The third kappa shape index (κ3) is 0.771.